The molecular formula is C29H26F2N4O2. The monoisotopic (exact) mass is 500 g/mol. The standard InChI is InChI=1S/C29H26F2N4O2/c1-16(17-8-10-19(30)11-9-17)27(36)34-23-14-18(12-13-32-23)26-24(20-6-4-5-7-21(20)31)25-22(33-26)15-29(2,3)35-28(25)37/h4-14,16,33H,15H2,1-3H3,(H,35,37)(H,32,34,36). The number of H-pyrrole nitrogens is 1. The number of halogens is 2. The van der Waals surface area contributed by atoms with Crippen molar-refractivity contribution in [3.05, 3.63) is 95.3 Å². The summed E-state index contributed by atoms with van der Waals surface area (Å²) in [6, 6.07) is 15.5. The van der Waals surface area contributed by atoms with Gasteiger partial charge in [-0.3, -0.25) is 9.59 Å². The van der Waals surface area contributed by atoms with Gasteiger partial charge in [-0.05, 0) is 56.7 Å². The summed E-state index contributed by atoms with van der Waals surface area (Å²) in [6.45, 7) is 5.58. The Morgan fingerprint density at radius 2 is 1.78 bits per heavy atom. The van der Waals surface area contributed by atoms with Crippen molar-refractivity contribution >= 4 is 17.6 Å². The van der Waals surface area contributed by atoms with Crippen molar-refractivity contribution in [2.75, 3.05) is 5.32 Å². The van der Waals surface area contributed by atoms with Crippen LogP contribution in [0.25, 0.3) is 22.4 Å². The smallest absolute Gasteiger partial charge is 0.254 e. The van der Waals surface area contributed by atoms with E-state index in [0.29, 0.717) is 51.4 Å². The maximum Gasteiger partial charge on any atom is 0.254 e. The molecule has 1 aliphatic heterocycles. The Bertz CT molecular complexity index is 1510. The molecule has 2 aromatic carbocycles. The molecule has 2 amide bonds. The summed E-state index contributed by atoms with van der Waals surface area (Å²) in [4.78, 5) is 33.7. The van der Waals surface area contributed by atoms with Gasteiger partial charge >= 0.3 is 0 Å². The molecule has 188 valence electrons. The van der Waals surface area contributed by atoms with Crippen LogP contribution in [-0.2, 0) is 11.2 Å². The summed E-state index contributed by atoms with van der Waals surface area (Å²) in [5, 5.41) is 5.81. The number of hydrogen-bond donors (Lipinski definition) is 3. The van der Waals surface area contributed by atoms with Crippen molar-refractivity contribution in [1.29, 1.82) is 0 Å². The minimum atomic E-state index is -0.538. The van der Waals surface area contributed by atoms with E-state index in [1.165, 1.54) is 18.2 Å². The number of benzene rings is 2. The molecular weight excluding hydrogens is 474 g/mol. The van der Waals surface area contributed by atoms with E-state index in [9.17, 15) is 18.4 Å². The second kappa shape index (κ2) is 9.28. The van der Waals surface area contributed by atoms with E-state index in [1.807, 2.05) is 13.8 Å². The molecule has 37 heavy (non-hydrogen) atoms. The summed E-state index contributed by atoms with van der Waals surface area (Å²) in [5.41, 5.74) is 3.29. The highest BCUT2D eigenvalue weighted by atomic mass is 19.1. The Kier molecular flexibility index (Phi) is 6.11. The third-order valence-electron chi connectivity index (χ3n) is 6.58. The highest BCUT2D eigenvalue weighted by Gasteiger charge is 2.36. The minimum Gasteiger partial charge on any atom is -0.357 e. The van der Waals surface area contributed by atoms with Gasteiger partial charge in [-0.2, -0.15) is 0 Å². The van der Waals surface area contributed by atoms with E-state index in [4.69, 9.17) is 0 Å². The largest absolute Gasteiger partial charge is 0.357 e. The highest BCUT2D eigenvalue weighted by molar-refractivity contribution is 6.07. The van der Waals surface area contributed by atoms with Gasteiger partial charge in [-0.15, -0.1) is 0 Å². The van der Waals surface area contributed by atoms with E-state index >= 15 is 0 Å². The fraction of sp³-hybridized carbons (Fsp3) is 0.207. The van der Waals surface area contributed by atoms with Crippen molar-refractivity contribution < 1.29 is 18.4 Å². The molecule has 1 atom stereocenters. The topological polar surface area (TPSA) is 86.9 Å². The molecule has 4 aromatic rings. The fourth-order valence-electron chi connectivity index (χ4n) is 4.73. The third-order valence-corrected chi connectivity index (χ3v) is 6.58. The number of nitrogens with zero attached hydrogens (tertiary/aromatic N) is 1. The number of aromatic amines is 1. The second-order valence-corrected chi connectivity index (χ2v) is 9.92. The van der Waals surface area contributed by atoms with Crippen molar-refractivity contribution in [2.24, 2.45) is 0 Å². The zero-order valence-corrected chi connectivity index (χ0v) is 20.7. The number of anilines is 1. The number of hydrogen-bond acceptors (Lipinski definition) is 3. The first kappa shape index (κ1) is 24.4. The maximum atomic E-state index is 15.0. The van der Waals surface area contributed by atoms with Crippen molar-refractivity contribution in [3.63, 3.8) is 0 Å². The number of rotatable bonds is 5. The molecule has 3 N–H and O–H groups in total. The Balaban J connectivity index is 1.55. The Hall–Kier alpha value is -4.33. The van der Waals surface area contributed by atoms with Crippen LogP contribution < -0.4 is 10.6 Å². The Morgan fingerprint density at radius 3 is 2.51 bits per heavy atom. The molecule has 0 saturated carbocycles. The molecule has 0 aliphatic carbocycles. The van der Waals surface area contributed by atoms with Crippen LogP contribution in [0.15, 0.2) is 66.9 Å². The first-order chi connectivity index (χ1) is 17.6. The van der Waals surface area contributed by atoms with Crippen LogP contribution in [-0.4, -0.2) is 27.3 Å². The number of carbonyl (C=O) groups is 2. The molecule has 3 heterocycles. The third kappa shape index (κ3) is 4.74. The molecule has 1 aliphatic rings. The molecule has 8 heteroatoms. The Labute approximate surface area is 213 Å². The van der Waals surface area contributed by atoms with E-state index < -0.39 is 17.3 Å². The van der Waals surface area contributed by atoms with Crippen LogP contribution >= 0.6 is 0 Å². The van der Waals surface area contributed by atoms with E-state index in [0.717, 1.165) is 0 Å². The van der Waals surface area contributed by atoms with Gasteiger partial charge in [0.25, 0.3) is 5.91 Å². The molecule has 0 saturated heterocycles. The van der Waals surface area contributed by atoms with Gasteiger partial charge in [-0.1, -0.05) is 30.3 Å². The lowest BCUT2D eigenvalue weighted by Gasteiger charge is -2.30. The fourth-order valence-corrected chi connectivity index (χ4v) is 4.73. The van der Waals surface area contributed by atoms with Crippen molar-refractivity contribution in [3.8, 4) is 22.4 Å². The van der Waals surface area contributed by atoms with Crippen molar-refractivity contribution in [1.82, 2.24) is 15.3 Å². The highest BCUT2D eigenvalue weighted by Crippen LogP contribution is 2.41. The van der Waals surface area contributed by atoms with Gasteiger partial charge in [0.05, 0.1) is 17.2 Å². The van der Waals surface area contributed by atoms with Gasteiger partial charge in [0.2, 0.25) is 5.91 Å². The lowest BCUT2D eigenvalue weighted by molar-refractivity contribution is -0.117. The average Bonchev–Trinajstić information content (AvgIpc) is 3.23. The summed E-state index contributed by atoms with van der Waals surface area (Å²) >= 11 is 0. The number of amides is 2. The molecule has 0 fully saturated rings. The Morgan fingerprint density at radius 1 is 1.05 bits per heavy atom. The molecule has 5 rings (SSSR count). The molecule has 0 bridgehead atoms. The summed E-state index contributed by atoms with van der Waals surface area (Å²) < 4.78 is 28.3. The normalized spacial score (nSPS) is 15.0. The van der Waals surface area contributed by atoms with Gasteiger partial charge in [-0.25, -0.2) is 13.8 Å². The first-order valence-electron chi connectivity index (χ1n) is 12.0. The SMILES string of the molecule is CC(C(=O)Nc1cc(-c2[nH]c3c(c2-c2ccccc2F)C(=O)NC(C)(C)C3)ccn1)c1ccc(F)cc1. The van der Waals surface area contributed by atoms with Crippen LogP contribution in [0.1, 0.15) is 48.3 Å². The summed E-state index contributed by atoms with van der Waals surface area (Å²) in [7, 11) is 0. The van der Waals surface area contributed by atoms with Crippen LogP contribution in [0, 0.1) is 11.6 Å². The van der Waals surface area contributed by atoms with Crippen LogP contribution in [0.4, 0.5) is 14.6 Å². The van der Waals surface area contributed by atoms with E-state index in [-0.39, 0.29) is 17.6 Å². The van der Waals surface area contributed by atoms with Gasteiger partial charge in [0.1, 0.15) is 17.5 Å². The molecule has 1 unspecified atom stereocenters. The van der Waals surface area contributed by atoms with Crippen molar-refractivity contribution in [2.45, 2.75) is 38.6 Å². The number of fused-ring (bicyclic) bond motifs is 1. The van der Waals surface area contributed by atoms with Crippen LogP contribution in [0.3, 0.4) is 0 Å². The molecule has 2 aromatic heterocycles. The summed E-state index contributed by atoms with van der Waals surface area (Å²) in [5.74, 6) is -1.64. The number of pyridine rings is 1. The predicted octanol–water partition coefficient (Wildman–Crippen LogP) is 5.83. The summed E-state index contributed by atoms with van der Waals surface area (Å²) in [6.07, 6.45) is 2.09. The van der Waals surface area contributed by atoms with E-state index in [1.54, 1.807) is 55.6 Å². The van der Waals surface area contributed by atoms with Gasteiger partial charge < -0.3 is 15.6 Å². The molecule has 0 spiro atoms. The second-order valence-electron chi connectivity index (χ2n) is 9.92. The number of carbonyl (C=O) groups excluding carboxylic acids is 2. The number of aromatic nitrogens is 2. The lowest BCUT2D eigenvalue weighted by Crippen LogP contribution is -2.49. The zero-order valence-electron chi connectivity index (χ0n) is 20.7. The van der Waals surface area contributed by atoms with Gasteiger partial charge in [0.15, 0.2) is 0 Å². The van der Waals surface area contributed by atoms with Crippen LogP contribution in [0.2, 0.25) is 0 Å². The average molecular weight is 501 g/mol. The predicted molar refractivity (Wildman–Crippen MR) is 138 cm³/mol. The van der Waals surface area contributed by atoms with Gasteiger partial charge in [0, 0.05) is 40.5 Å². The minimum absolute atomic E-state index is 0.275. The molecule has 6 nitrogen and oxygen atoms in total. The number of nitrogens with one attached hydrogen (secondary N) is 3. The van der Waals surface area contributed by atoms with Crippen LogP contribution in [0.5, 0.6) is 0 Å². The maximum absolute atomic E-state index is 15.0. The first-order valence-corrected chi connectivity index (χ1v) is 12.0. The lowest BCUT2D eigenvalue weighted by atomic mass is 9.88. The van der Waals surface area contributed by atoms with E-state index in [2.05, 4.69) is 20.6 Å². The molecule has 0 radical (unpaired) electrons. The zero-order chi connectivity index (χ0) is 26.3. The quantitative estimate of drug-likeness (QED) is 0.322.